The van der Waals surface area contributed by atoms with E-state index in [9.17, 15) is 14.7 Å². The van der Waals surface area contributed by atoms with Crippen LogP contribution in [0.5, 0.6) is 5.75 Å². The molecule has 0 spiro atoms. The third-order valence-corrected chi connectivity index (χ3v) is 4.44. The Bertz CT molecular complexity index is 929. The van der Waals surface area contributed by atoms with Crippen molar-refractivity contribution in [1.82, 2.24) is 0 Å². The average molecular weight is 434 g/mol. The van der Waals surface area contributed by atoms with E-state index in [1.165, 1.54) is 0 Å². The van der Waals surface area contributed by atoms with Crippen LogP contribution in [0.1, 0.15) is 48.1 Å². The Morgan fingerprint density at radius 1 is 1.13 bits per heavy atom. The Labute approximate surface area is 181 Å². The maximum Gasteiger partial charge on any atom is 0.255 e. The lowest BCUT2D eigenvalue weighted by Gasteiger charge is -2.25. The summed E-state index contributed by atoms with van der Waals surface area (Å²) in [6.07, 6.45) is 0. The summed E-state index contributed by atoms with van der Waals surface area (Å²) in [6, 6.07) is 8.89. The van der Waals surface area contributed by atoms with E-state index in [2.05, 4.69) is 5.32 Å². The Morgan fingerprint density at radius 2 is 1.73 bits per heavy atom. The van der Waals surface area contributed by atoms with Crippen LogP contribution >= 0.6 is 12.4 Å². The number of amides is 1. The first-order chi connectivity index (χ1) is 13.6. The van der Waals surface area contributed by atoms with Crippen molar-refractivity contribution < 1.29 is 19.4 Å². The molecule has 0 radical (unpaired) electrons. The monoisotopic (exact) mass is 433 g/mol. The predicted molar refractivity (Wildman–Crippen MR) is 116 cm³/mol. The molecule has 2 rings (SSSR count). The molecule has 30 heavy (non-hydrogen) atoms. The minimum absolute atomic E-state index is 0. The zero-order valence-electron chi connectivity index (χ0n) is 17.0. The zero-order valence-corrected chi connectivity index (χ0v) is 17.8. The number of halogens is 1. The van der Waals surface area contributed by atoms with Gasteiger partial charge < -0.3 is 31.4 Å². The number of carboxylic acid groups (broad SMARTS) is 1. The average Bonchev–Trinajstić information content (AvgIpc) is 2.64. The van der Waals surface area contributed by atoms with Crippen LogP contribution in [0.4, 0.5) is 5.69 Å². The number of benzene rings is 2. The van der Waals surface area contributed by atoms with E-state index in [-0.39, 0.29) is 30.8 Å². The Morgan fingerprint density at radius 3 is 2.20 bits per heavy atom. The van der Waals surface area contributed by atoms with Gasteiger partial charge in [0, 0.05) is 11.3 Å². The molecule has 0 aliphatic heterocycles. The number of carboxylic acids is 1. The molecule has 2 aromatic carbocycles. The molecule has 0 bridgehead atoms. The highest BCUT2D eigenvalue weighted by Crippen LogP contribution is 2.33. The van der Waals surface area contributed by atoms with E-state index in [0.717, 1.165) is 5.56 Å². The number of nitrogen functional groups attached to an aromatic ring is 1. The lowest BCUT2D eigenvalue weighted by atomic mass is 9.92. The van der Waals surface area contributed by atoms with Gasteiger partial charge in [-0.3, -0.25) is 10.2 Å². The van der Waals surface area contributed by atoms with E-state index in [0.29, 0.717) is 28.1 Å². The summed E-state index contributed by atoms with van der Waals surface area (Å²) < 4.78 is 5.50. The topological polar surface area (TPSA) is 154 Å². The molecule has 1 unspecified atom stereocenters. The number of nitrogens with one attached hydrogen (secondary N) is 2. The fraction of sp³-hybridized carbons (Fsp3) is 0.286. The van der Waals surface area contributed by atoms with Gasteiger partial charge in [0.05, 0.1) is 12.0 Å². The molecule has 0 aliphatic rings. The molecule has 8 nitrogen and oxygen atoms in total. The molecule has 0 fully saturated rings. The lowest BCUT2D eigenvalue weighted by Crippen LogP contribution is -2.35. The van der Waals surface area contributed by atoms with Crippen LogP contribution in [0, 0.1) is 12.3 Å². The second-order valence-electron chi connectivity index (χ2n) is 7.04. The van der Waals surface area contributed by atoms with Crippen molar-refractivity contribution >= 4 is 35.8 Å². The molecule has 0 aliphatic carbocycles. The summed E-state index contributed by atoms with van der Waals surface area (Å²) in [7, 11) is 0. The summed E-state index contributed by atoms with van der Waals surface area (Å²) in [6.45, 7) is 5.37. The highest BCUT2D eigenvalue weighted by molar-refractivity contribution is 5.95. The quantitative estimate of drug-likeness (QED) is 0.347. The number of primary amides is 1. The van der Waals surface area contributed by atoms with Crippen molar-refractivity contribution in [1.29, 1.82) is 5.41 Å². The molecule has 6 N–H and O–H groups in total. The van der Waals surface area contributed by atoms with Crippen LogP contribution in [0.3, 0.4) is 0 Å². The number of anilines is 1. The van der Waals surface area contributed by atoms with Gasteiger partial charge in [0.25, 0.3) is 5.91 Å². The highest BCUT2D eigenvalue weighted by atomic mass is 35.5. The number of amidine groups is 1. The van der Waals surface area contributed by atoms with Crippen molar-refractivity contribution in [3.05, 3.63) is 58.7 Å². The maximum absolute atomic E-state index is 11.9. The van der Waals surface area contributed by atoms with E-state index in [1.807, 2.05) is 13.8 Å². The normalized spacial score (nSPS) is 11.3. The number of aliphatic carboxylic acids is 1. The van der Waals surface area contributed by atoms with Crippen molar-refractivity contribution in [2.75, 3.05) is 11.9 Å². The van der Waals surface area contributed by atoms with Crippen LogP contribution in [0.25, 0.3) is 0 Å². The summed E-state index contributed by atoms with van der Waals surface area (Å²) in [4.78, 5) is 22.9. The van der Waals surface area contributed by atoms with E-state index in [1.54, 1.807) is 43.3 Å². The molecule has 9 heteroatoms. The molecule has 0 aromatic heterocycles. The number of ether oxygens (including phenoxy) is 1. The molecule has 1 atom stereocenters. The third kappa shape index (κ3) is 6.12. The number of nitrogens with two attached hydrogens (primary N) is 2. The molecule has 1 amide bonds. The minimum atomic E-state index is -1.29. The fourth-order valence-corrected chi connectivity index (χ4v) is 2.93. The fourth-order valence-electron chi connectivity index (χ4n) is 2.93. The van der Waals surface area contributed by atoms with Crippen LogP contribution in [0.15, 0.2) is 36.4 Å². The summed E-state index contributed by atoms with van der Waals surface area (Å²) >= 11 is 0. The van der Waals surface area contributed by atoms with E-state index < -0.39 is 17.9 Å². The highest BCUT2D eigenvalue weighted by Gasteiger charge is 2.20. The molecule has 162 valence electrons. The number of carbonyl (C=O) groups excluding carboxylic acids is 2. The van der Waals surface area contributed by atoms with Gasteiger partial charge in [-0.1, -0.05) is 13.8 Å². The van der Waals surface area contributed by atoms with E-state index in [4.69, 9.17) is 21.6 Å². The molecular formula is C21H26ClN4O4-. The molecule has 0 heterocycles. The summed E-state index contributed by atoms with van der Waals surface area (Å²) in [5.74, 6) is -1.44. The SMILES string of the molecule is Cc1cc(OCC(N)=O)c(C(C)C)cc1C(Nc1ccc(C(=N)N)cc1)C(=O)[O-].Cl. The van der Waals surface area contributed by atoms with Crippen molar-refractivity contribution in [3.63, 3.8) is 0 Å². The Balaban J connectivity index is 0.00000450. The summed E-state index contributed by atoms with van der Waals surface area (Å²) in [5, 5.41) is 22.3. The third-order valence-electron chi connectivity index (χ3n) is 4.44. The first kappa shape index (κ1) is 24.8. The smallest absolute Gasteiger partial charge is 0.255 e. The minimum Gasteiger partial charge on any atom is -0.548 e. The standard InChI is InChI=1S/C21H26N4O4.ClH/c1-11(2)15-9-16(12(3)8-17(15)29-10-18(22)26)19(21(27)28)25-14-6-4-13(5-7-14)20(23)24;/h4-9,11,19,25H,10H2,1-3H3,(H2,22,26)(H3,23,24)(H,27,28);1H/p-1. The van der Waals surface area contributed by atoms with Crippen molar-refractivity contribution in [2.24, 2.45) is 11.5 Å². The predicted octanol–water partition coefficient (Wildman–Crippen LogP) is 1.59. The first-order valence-corrected chi connectivity index (χ1v) is 9.07. The molecule has 2 aromatic rings. The van der Waals surface area contributed by atoms with Gasteiger partial charge in [0.1, 0.15) is 11.6 Å². The Hall–Kier alpha value is -3.26. The van der Waals surface area contributed by atoms with Crippen molar-refractivity contribution in [3.8, 4) is 5.75 Å². The van der Waals surface area contributed by atoms with Gasteiger partial charge in [0.15, 0.2) is 6.61 Å². The number of carbonyl (C=O) groups is 2. The molecule has 0 saturated carbocycles. The second kappa shape index (κ2) is 10.5. The van der Waals surface area contributed by atoms with Crippen LogP contribution in [-0.2, 0) is 9.59 Å². The van der Waals surface area contributed by atoms with Crippen LogP contribution in [0.2, 0.25) is 0 Å². The number of hydrogen-bond donors (Lipinski definition) is 4. The van der Waals surface area contributed by atoms with Gasteiger partial charge in [-0.25, -0.2) is 0 Å². The largest absolute Gasteiger partial charge is 0.548 e. The number of aryl methyl sites for hydroxylation is 1. The van der Waals surface area contributed by atoms with Crippen molar-refractivity contribution in [2.45, 2.75) is 32.7 Å². The summed E-state index contributed by atoms with van der Waals surface area (Å²) in [5.41, 5.74) is 13.6. The van der Waals surface area contributed by atoms with Gasteiger partial charge in [-0.05, 0) is 65.9 Å². The van der Waals surface area contributed by atoms with Gasteiger partial charge in [-0.15, -0.1) is 12.4 Å². The van der Waals surface area contributed by atoms with Crippen LogP contribution in [-0.4, -0.2) is 24.3 Å². The van der Waals surface area contributed by atoms with Gasteiger partial charge in [-0.2, -0.15) is 0 Å². The molecular weight excluding hydrogens is 408 g/mol. The van der Waals surface area contributed by atoms with E-state index >= 15 is 0 Å². The Kier molecular flexibility index (Phi) is 8.67. The number of rotatable bonds is 9. The van der Waals surface area contributed by atoms with Gasteiger partial charge in [0.2, 0.25) is 0 Å². The van der Waals surface area contributed by atoms with Gasteiger partial charge >= 0.3 is 0 Å². The molecule has 0 saturated heterocycles. The lowest BCUT2D eigenvalue weighted by molar-refractivity contribution is -0.307. The first-order valence-electron chi connectivity index (χ1n) is 9.07. The second-order valence-corrected chi connectivity index (χ2v) is 7.04. The number of hydrogen-bond acceptors (Lipinski definition) is 6. The van der Waals surface area contributed by atoms with Crippen LogP contribution < -0.4 is 26.6 Å². The zero-order chi connectivity index (χ0) is 21.7. The maximum atomic E-state index is 11.9.